The number of hydrazone groups is 1. The molecular formula is C27H34FN3O3S. The Kier molecular flexibility index (Phi) is 8.26. The number of rotatable bonds is 7. The van der Waals surface area contributed by atoms with E-state index >= 15 is 0 Å². The number of alkyl carbamates (subject to hydrolysis) is 1. The molecule has 1 aliphatic rings. The zero-order valence-corrected chi connectivity index (χ0v) is 22.0. The minimum absolute atomic E-state index is 0.133. The van der Waals surface area contributed by atoms with Gasteiger partial charge in [0.25, 0.3) is 0 Å². The average molecular weight is 500 g/mol. The number of halogens is 1. The van der Waals surface area contributed by atoms with E-state index in [4.69, 9.17) is 9.84 Å². The van der Waals surface area contributed by atoms with Crippen LogP contribution < -0.4 is 5.32 Å². The van der Waals surface area contributed by atoms with E-state index in [0.29, 0.717) is 17.0 Å². The number of hydrogen-bond acceptors (Lipinski definition) is 5. The average Bonchev–Trinajstić information content (AvgIpc) is 3.19. The van der Waals surface area contributed by atoms with Gasteiger partial charge >= 0.3 is 6.09 Å². The fraction of sp³-hybridized carbons (Fsp3) is 0.444. The molecule has 2 aromatic carbocycles. The quantitative estimate of drug-likeness (QED) is 0.498. The third-order valence-corrected chi connectivity index (χ3v) is 7.28. The summed E-state index contributed by atoms with van der Waals surface area (Å²) in [4.78, 5) is 24.8. The lowest BCUT2D eigenvalue weighted by molar-refractivity contribution is -0.139. The first kappa shape index (κ1) is 26.7. The van der Waals surface area contributed by atoms with Crippen molar-refractivity contribution >= 4 is 28.8 Å². The first-order valence-electron chi connectivity index (χ1n) is 11.8. The van der Waals surface area contributed by atoms with Gasteiger partial charge < -0.3 is 10.1 Å². The third-order valence-electron chi connectivity index (χ3n) is 5.65. The third kappa shape index (κ3) is 6.23. The summed E-state index contributed by atoms with van der Waals surface area (Å²) in [5.41, 5.74) is 1.12. The van der Waals surface area contributed by atoms with Gasteiger partial charge in [0.15, 0.2) is 0 Å². The summed E-state index contributed by atoms with van der Waals surface area (Å²) in [7, 11) is 0. The lowest BCUT2D eigenvalue weighted by Gasteiger charge is -2.41. The van der Waals surface area contributed by atoms with E-state index in [9.17, 15) is 14.0 Å². The predicted octanol–water partition coefficient (Wildman–Crippen LogP) is 6.12. The van der Waals surface area contributed by atoms with Gasteiger partial charge in [0.1, 0.15) is 15.7 Å². The van der Waals surface area contributed by atoms with E-state index < -0.39 is 16.5 Å². The minimum Gasteiger partial charge on any atom is -0.450 e. The lowest BCUT2D eigenvalue weighted by atomic mass is 9.90. The van der Waals surface area contributed by atoms with Crippen molar-refractivity contribution in [3.63, 3.8) is 0 Å². The van der Waals surface area contributed by atoms with Crippen LogP contribution >= 0.6 is 11.8 Å². The first-order chi connectivity index (χ1) is 16.4. The summed E-state index contributed by atoms with van der Waals surface area (Å²) in [6.07, 6.45) is 0.0113. The Labute approximate surface area is 211 Å². The normalized spacial score (nSPS) is 18.9. The number of carbonyl (C=O) groups excluding carboxylic acids is 2. The van der Waals surface area contributed by atoms with Crippen molar-refractivity contribution in [2.45, 2.75) is 58.4 Å². The van der Waals surface area contributed by atoms with E-state index in [1.165, 1.54) is 23.9 Å². The van der Waals surface area contributed by atoms with Gasteiger partial charge in [-0.05, 0) is 50.8 Å². The van der Waals surface area contributed by atoms with Crippen LogP contribution in [0, 0.1) is 17.7 Å². The zero-order chi connectivity index (χ0) is 25.8. The number of benzene rings is 2. The van der Waals surface area contributed by atoms with Crippen molar-refractivity contribution in [1.29, 1.82) is 0 Å². The van der Waals surface area contributed by atoms with E-state index in [0.717, 1.165) is 5.56 Å². The van der Waals surface area contributed by atoms with Crippen molar-refractivity contribution in [1.82, 2.24) is 10.3 Å². The van der Waals surface area contributed by atoms with Crippen molar-refractivity contribution in [3.8, 4) is 0 Å². The molecule has 6 nitrogen and oxygen atoms in total. The van der Waals surface area contributed by atoms with E-state index in [1.807, 2.05) is 71.9 Å². The number of amides is 2. The molecule has 1 heterocycles. The Balaban J connectivity index is 1.97. The van der Waals surface area contributed by atoms with Gasteiger partial charge in [-0.25, -0.2) is 14.2 Å². The second-order valence-corrected chi connectivity index (χ2v) is 11.3. The zero-order valence-electron chi connectivity index (χ0n) is 21.2. The van der Waals surface area contributed by atoms with Crippen LogP contribution in [-0.4, -0.2) is 34.2 Å². The highest BCUT2D eigenvalue weighted by Gasteiger charge is 2.52. The number of ether oxygens (including phenoxy) is 1. The second-order valence-electron chi connectivity index (χ2n) is 10.1. The van der Waals surface area contributed by atoms with Crippen LogP contribution in [0.2, 0.25) is 0 Å². The molecule has 0 aliphatic carbocycles. The fourth-order valence-corrected chi connectivity index (χ4v) is 5.34. The Bertz CT molecular complexity index is 1080. The highest BCUT2D eigenvalue weighted by atomic mass is 32.2. The predicted molar refractivity (Wildman–Crippen MR) is 138 cm³/mol. The Hall–Kier alpha value is -2.87. The number of carbonyl (C=O) groups is 2. The van der Waals surface area contributed by atoms with Gasteiger partial charge in [0.2, 0.25) is 5.91 Å². The molecule has 0 fully saturated rings. The van der Waals surface area contributed by atoms with E-state index in [2.05, 4.69) is 5.32 Å². The molecule has 0 aromatic heterocycles. The Morgan fingerprint density at radius 2 is 1.80 bits per heavy atom. The standard InChI is InChI=1S/C27H34FN3O3S/c1-18(2)24(32)31-27(21-12-8-7-9-13-21,19(3)15-16-34-25(33)29-26(4,5)6)35-23(30-31)20-11-10-14-22(28)17-20/h7-14,17-19H,15-16H2,1-6H3,(H,29,33). The monoisotopic (exact) mass is 499 g/mol. The smallest absolute Gasteiger partial charge is 0.407 e. The summed E-state index contributed by atoms with van der Waals surface area (Å²) in [6.45, 7) is 11.5. The molecule has 3 rings (SSSR count). The number of hydrogen-bond donors (Lipinski definition) is 1. The van der Waals surface area contributed by atoms with Gasteiger partial charge in [-0.15, -0.1) is 0 Å². The van der Waals surface area contributed by atoms with Crippen molar-refractivity contribution in [2.24, 2.45) is 16.9 Å². The van der Waals surface area contributed by atoms with Crippen LogP contribution in [0.3, 0.4) is 0 Å². The summed E-state index contributed by atoms with van der Waals surface area (Å²) < 4.78 is 19.5. The summed E-state index contributed by atoms with van der Waals surface area (Å²) in [6, 6.07) is 16.0. The van der Waals surface area contributed by atoms with E-state index in [1.54, 1.807) is 17.1 Å². The van der Waals surface area contributed by atoms with Crippen LogP contribution in [0.5, 0.6) is 0 Å². The van der Waals surface area contributed by atoms with Gasteiger partial charge in [0.05, 0.1) is 6.61 Å². The molecule has 8 heteroatoms. The SMILES string of the molecule is CC(C)C(=O)N1N=C(c2cccc(F)c2)SC1(c1ccccc1)C(C)CCOC(=O)NC(C)(C)C. The molecule has 1 N–H and O–H groups in total. The van der Waals surface area contributed by atoms with Gasteiger partial charge in [-0.1, -0.05) is 75.0 Å². The van der Waals surface area contributed by atoms with E-state index in [-0.39, 0.29) is 30.2 Å². The summed E-state index contributed by atoms with van der Waals surface area (Å²) in [5, 5.41) is 9.65. The summed E-state index contributed by atoms with van der Waals surface area (Å²) >= 11 is 1.44. The fourth-order valence-electron chi connectivity index (χ4n) is 3.89. The summed E-state index contributed by atoms with van der Waals surface area (Å²) in [5.74, 6) is -0.952. The molecular weight excluding hydrogens is 465 g/mol. The van der Waals surface area contributed by atoms with Crippen LogP contribution in [0.4, 0.5) is 9.18 Å². The lowest BCUT2D eigenvalue weighted by Crippen LogP contribution is -2.48. The molecule has 2 atom stereocenters. The van der Waals surface area contributed by atoms with Crippen LogP contribution in [0.1, 0.15) is 59.1 Å². The van der Waals surface area contributed by atoms with Crippen LogP contribution in [0.15, 0.2) is 59.7 Å². The Morgan fingerprint density at radius 3 is 2.40 bits per heavy atom. The topological polar surface area (TPSA) is 71.0 Å². The van der Waals surface area contributed by atoms with Crippen molar-refractivity contribution < 1.29 is 18.7 Å². The minimum atomic E-state index is -0.881. The number of thioether (sulfide) groups is 1. The molecule has 2 unspecified atom stereocenters. The molecule has 0 radical (unpaired) electrons. The van der Waals surface area contributed by atoms with Gasteiger partial charge in [0, 0.05) is 17.0 Å². The molecule has 188 valence electrons. The van der Waals surface area contributed by atoms with Gasteiger partial charge in [-0.2, -0.15) is 5.10 Å². The largest absolute Gasteiger partial charge is 0.450 e. The van der Waals surface area contributed by atoms with Crippen molar-refractivity contribution in [3.05, 3.63) is 71.5 Å². The molecule has 2 amide bonds. The molecule has 35 heavy (non-hydrogen) atoms. The van der Waals surface area contributed by atoms with Crippen LogP contribution in [0.25, 0.3) is 0 Å². The molecule has 0 saturated heterocycles. The van der Waals surface area contributed by atoms with Gasteiger partial charge in [-0.3, -0.25) is 4.79 Å². The molecule has 0 saturated carbocycles. The molecule has 1 aliphatic heterocycles. The maximum Gasteiger partial charge on any atom is 0.407 e. The van der Waals surface area contributed by atoms with Crippen molar-refractivity contribution in [2.75, 3.05) is 6.61 Å². The Morgan fingerprint density at radius 1 is 1.11 bits per heavy atom. The first-order valence-corrected chi connectivity index (χ1v) is 12.6. The second kappa shape index (κ2) is 10.8. The number of nitrogens with one attached hydrogen (secondary N) is 1. The maximum absolute atomic E-state index is 14.0. The number of nitrogens with zero attached hydrogens (tertiary/aromatic N) is 2. The molecule has 0 spiro atoms. The molecule has 2 aromatic rings. The van der Waals surface area contributed by atoms with Crippen LogP contribution in [-0.2, 0) is 14.4 Å². The highest BCUT2D eigenvalue weighted by Crippen LogP contribution is 2.53. The maximum atomic E-state index is 14.0. The molecule has 0 bridgehead atoms. The highest BCUT2D eigenvalue weighted by molar-refractivity contribution is 8.15.